The zero-order valence-corrected chi connectivity index (χ0v) is 12.3. The van der Waals surface area contributed by atoms with Crippen molar-refractivity contribution in [2.24, 2.45) is 0 Å². The normalized spacial score (nSPS) is 17.9. The molecule has 1 aliphatic rings. The second-order valence-electron chi connectivity index (χ2n) is 5.13. The van der Waals surface area contributed by atoms with Gasteiger partial charge in [-0.1, -0.05) is 13.0 Å². The third-order valence-corrected chi connectivity index (χ3v) is 3.54. The Morgan fingerprint density at radius 3 is 2.71 bits per heavy atom. The molecule has 0 bridgehead atoms. The Morgan fingerprint density at radius 2 is 2.14 bits per heavy atom. The van der Waals surface area contributed by atoms with Gasteiger partial charge in [-0.05, 0) is 25.0 Å². The molecular weight excluding hydrogens is 272 g/mol. The number of likely N-dealkylation sites (tertiary alicyclic amines) is 1. The maximum Gasteiger partial charge on any atom is 0.315 e. The van der Waals surface area contributed by atoms with E-state index in [-0.39, 0.29) is 11.6 Å². The smallest absolute Gasteiger partial charge is 0.315 e. The first-order chi connectivity index (χ1) is 10.0. The van der Waals surface area contributed by atoms with Crippen LogP contribution >= 0.6 is 0 Å². The van der Waals surface area contributed by atoms with Crippen LogP contribution in [0.25, 0.3) is 0 Å². The summed E-state index contributed by atoms with van der Waals surface area (Å²) in [6.07, 6.45) is 1.53. The van der Waals surface area contributed by atoms with Gasteiger partial charge in [0.1, 0.15) is 17.4 Å². The van der Waals surface area contributed by atoms with E-state index in [0.717, 1.165) is 6.42 Å². The minimum absolute atomic E-state index is 0.00620. The molecule has 1 saturated heterocycles. The van der Waals surface area contributed by atoms with E-state index in [2.05, 4.69) is 10.6 Å². The first-order valence-corrected chi connectivity index (χ1v) is 7.07. The van der Waals surface area contributed by atoms with E-state index in [1.807, 2.05) is 6.92 Å². The van der Waals surface area contributed by atoms with Crippen molar-refractivity contribution in [3.05, 3.63) is 28.3 Å². The van der Waals surface area contributed by atoms with Crippen LogP contribution in [0.2, 0.25) is 0 Å². The molecule has 1 unspecified atom stereocenters. The molecule has 0 aliphatic carbocycles. The van der Waals surface area contributed by atoms with E-state index >= 15 is 0 Å². The molecule has 1 fully saturated rings. The number of hydrogen-bond donors (Lipinski definition) is 2. The highest BCUT2D eigenvalue weighted by molar-refractivity contribution is 5.88. The van der Waals surface area contributed by atoms with Gasteiger partial charge in [-0.3, -0.25) is 14.9 Å². The molecule has 7 heteroatoms. The first-order valence-electron chi connectivity index (χ1n) is 7.07. The number of amides is 1. The molecule has 1 aromatic carbocycles. The number of nitro benzene ring substituents is 1. The number of benzene rings is 1. The van der Waals surface area contributed by atoms with Crippen molar-refractivity contribution in [3.63, 3.8) is 0 Å². The van der Waals surface area contributed by atoms with Crippen molar-refractivity contribution in [1.29, 1.82) is 0 Å². The fourth-order valence-corrected chi connectivity index (χ4v) is 2.40. The van der Waals surface area contributed by atoms with Crippen molar-refractivity contribution >= 4 is 23.0 Å². The minimum atomic E-state index is -0.413. The number of para-hydroxylation sites is 1. The van der Waals surface area contributed by atoms with Crippen LogP contribution < -0.4 is 10.6 Å². The van der Waals surface area contributed by atoms with Crippen molar-refractivity contribution in [1.82, 2.24) is 4.90 Å². The van der Waals surface area contributed by atoms with Crippen LogP contribution in [0.1, 0.15) is 19.8 Å². The summed E-state index contributed by atoms with van der Waals surface area (Å²) in [5, 5.41) is 17.4. The molecule has 1 amide bonds. The predicted octanol–water partition coefficient (Wildman–Crippen LogP) is 2.06. The van der Waals surface area contributed by atoms with Gasteiger partial charge in [0.25, 0.3) is 0 Å². The molecule has 0 radical (unpaired) electrons. The Morgan fingerprint density at radius 1 is 1.43 bits per heavy atom. The number of nitrogens with one attached hydrogen (secondary N) is 2. The monoisotopic (exact) mass is 292 g/mol. The number of rotatable bonds is 6. The standard InChI is InChI=1S/C14H20N4O3/c1-3-8-15-10-5-4-6-11(13(10)18(20)21)16-12-7-9-17(2)14(12)19/h4-6,12,15-16H,3,7-9H2,1-2H3. The molecule has 0 spiro atoms. The Labute approximate surface area is 123 Å². The van der Waals surface area contributed by atoms with Crippen molar-refractivity contribution in [2.45, 2.75) is 25.8 Å². The third kappa shape index (κ3) is 3.24. The van der Waals surface area contributed by atoms with Gasteiger partial charge in [0.2, 0.25) is 5.91 Å². The third-order valence-electron chi connectivity index (χ3n) is 3.54. The Balaban J connectivity index is 2.26. The molecule has 0 saturated carbocycles. The van der Waals surface area contributed by atoms with Crippen LogP contribution in [0, 0.1) is 10.1 Å². The maximum atomic E-state index is 11.9. The topological polar surface area (TPSA) is 87.5 Å². The van der Waals surface area contributed by atoms with E-state index < -0.39 is 11.0 Å². The van der Waals surface area contributed by atoms with Crippen LogP contribution in [0.15, 0.2) is 18.2 Å². The SMILES string of the molecule is CCCNc1cccc(NC2CCN(C)C2=O)c1[N+](=O)[O-]. The van der Waals surface area contributed by atoms with Gasteiger partial charge >= 0.3 is 5.69 Å². The van der Waals surface area contributed by atoms with E-state index in [9.17, 15) is 14.9 Å². The van der Waals surface area contributed by atoms with Crippen molar-refractivity contribution in [2.75, 3.05) is 30.8 Å². The highest BCUT2D eigenvalue weighted by Crippen LogP contribution is 2.34. The van der Waals surface area contributed by atoms with Crippen LogP contribution in [0.4, 0.5) is 17.1 Å². The maximum absolute atomic E-state index is 11.9. The van der Waals surface area contributed by atoms with Crippen molar-refractivity contribution in [3.8, 4) is 0 Å². The average Bonchev–Trinajstić information content (AvgIpc) is 2.77. The van der Waals surface area contributed by atoms with Gasteiger partial charge < -0.3 is 15.5 Å². The molecule has 2 rings (SSSR count). The molecule has 21 heavy (non-hydrogen) atoms. The Hall–Kier alpha value is -2.31. The number of nitrogens with zero attached hydrogens (tertiary/aromatic N) is 2. The summed E-state index contributed by atoms with van der Waals surface area (Å²) in [5.41, 5.74) is 0.855. The molecule has 114 valence electrons. The number of anilines is 2. The van der Waals surface area contributed by atoms with E-state index in [1.165, 1.54) is 0 Å². The average molecular weight is 292 g/mol. The number of carbonyl (C=O) groups excluding carboxylic acids is 1. The van der Waals surface area contributed by atoms with Crippen LogP contribution in [0.5, 0.6) is 0 Å². The summed E-state index contributed by atoms with van der Waals surface area (Å²) in [7, 11) is 1.73. The quantitative estimate of drug-likeness (QED) is 0.619. The van der Waals surface area contributed by atoms with Gasteiger partial charge in [-0.15, -0.1) is 0 Å². The first kappa shape index (κ1) is 15.1. The molecule has 1 atom stereocenters. The van der Waals surface area contributed by atoms with E-state index in [4.69, 9.17) is 0 Å². The zero-order chi connectivity index (χ0) is 15.4. The summed E-state index contributed by atoms with van der Waals surface area (Å²) in [6, 6.07) is 4.67. The van der Waals surface area contributed by atoms with E-state index in [0.29, 0.717) is 30.9 Å². The molecule has 1 aliphatic heterocycles. The summed E-state index contributed by atoms with van der Waals surface area (Å²) in [4.78, 5) is 24.5. The fraction of sp³-hybridized carbons (Fsp3) is 0.500. The lowest BCUT2D eigenvalue weighted by atomic mass is 10.2. The van der Waals surface area contributed by atoms with Gasteiger partial charge in [0.15, 0.2) is 0 Å². The number of nitro groups is 1. The number of likely N-dealkylation sites (N-methyl/N-ethyl adjacent to an activating group) is 1. The molecular formula is C14H20N4O3. The number of hydrogen-bond acceptors (Lipinski definition) is 5. The molecule has 7 nitrogen and oxygen atoms in total. The van der Waals surface area contributed by atoms with Crippen LogP contribution in [-0.4, -0.2) is 41.9 Å². The largest absolute Gasteiger partial charge is 0.379 e. The lowest BCUT2D eigenvalue weighted by Gasteiger charge is -2.15. The fourth-order valence-electron chi connectivity index (χ4n) is 2.40. The number of carbonyl (C=O) groups is 1. The van der Waals surface area contributed by atoms with Gasteiger partial charge in [0.05, 0.1) is 4.92 Å². The summed E-state index contributed by atoms with van der Waals surface area (Å²) in [5.74, 6) is -0.0313. The van der Waals surface area contributed by atoms with Gasteiger partial charge in [-0.25, -0.2) is 0 Å². The zero-order valence-electron chi connectivity index (χ0n) is 12.3. The summed E-state index contributed by atoms with van der Waals surface area (Å²) < 4.78 is 0. The molecule has 1 aromatic rings. The highest BCUT2D eigenvalue weighted by atomic mass is 16.6. The minimum Gasteiger partial charge on any atom is -0.379 e. The Kier molecular flexibility index (Phi) is 4.62. The van der Waals surface area contributed by atoms with E-state index in [1.54, 1.807) is 30.1 Å². The molecule has 1 heterocycles. The summed E-state index contributed by atoms with van der Waals surface area (Å²) >= 11 is 0. The van der Waals surface area contributed by atoms with Crippen molar-refractivity contribution < 1.29 is 9.72 Å². The second kappa shape index (κ2) is 6.43. The highest BCUT2D eigenvalue weighted by Gasteiger charge is 2.31. The molecule has 0 aromatic heterocycles. The second-order valence-corrected chi connectivity index (χ2v) is 5.13. The van der Waals surface area contributed by atoms with Gasteiger partial charge in [0, 0.05) is 20.1 Å². The van der Waals surface area contributed by atoms with Gasteiger partial charge in [-0.2, -0.15) is 0 Å². The van der Waals surface area contributed by atoms with Crippen LogP contribution in [0.3, 0.4) is 0 Å². The predicted molar refractivity (Wildman–Crippen MR) is 81.5 cm³/mol. The molecule has 2 N–H and O–H groups in total. The Bertz CT molecular complexity index is 547. The van der Waals surface area contributed by atoms with Crippen LogP contribution in [-0.2, 0) is 4.79 Å². The summed E-state index contributed by atoms with van der Waals surface area (Å²) in [6.45, 7) is 3.32. The lowest BCUT2D eigenvalue weighted by Crippen LogP contribution is -2.31. The lowest BCUT2D eigenvalue weighted by molar-refractivity contribution is -0.383.